The molecule has 2 bridgehead atoms. The number of para-hydroxylation sites is 4. The highest BCUT2D eigenvalue weighted by Crippen LogP contribution is 2.69. The van der Waals surface area contributed by atoms with Gasteiger partial charge in [0.05, 0.1) is 68.6 Å². The number of hydrogen-bond acceptors (Lipinski definition) is 18. The molecule has 8 aliphatic heterocycles. The van der Waals surface area contributed by atoms with Crippen LogP contribution in [-0.2, 0) is 20.6 Å². The minimum absolute atomic E-state index is 0.0798. The number of alkyl halides is 3. The number of likely N-dealkylation sites (N-methyl/N-ethyl adjacent to an activating group) is 1. The molecule has 4 atom stereocenters. The predicted octanol–water partition coefficient (Wildman–Crippen LogP) is 23.7. The van der Waals surface area contributed by atoms with E-state index in [0.29, 0.717) is 10.6 Å². The summed E-state index contributed by atoms with van der Waals surface area (Å²) in [4.78, 5) is 57.9. The van der Waals surface area contributed by atoms with E-state index in [9.17, 15) is 27.9 Å². The fourth-order valence-corrected chi connectivity index (χ4v) is 23.5. The maximum atomic E-state index is 13.5. The molecule has 25 heteroatoms. The van der Waals surface area contributed by atoms with Crippen molar-refractivity contribution in [2.45, 2.75) is 128 Å². The summed E-state index contributed by atoms with van der Waals surface area (Å²) < 4.78 is 39.5. The van der Waals surface area contributed by atoms with Gasteiger partial charge in [-0.2, -0.15) is 13.2 Å². The smallest absolute Gasteiger partial charge is 0.416 e. The van der Waals surface area contributed by atoms with E-state index in [1.165, 1.54) is 110 Å². The molecule has 8 aliphatic rings. The number of amides is 2. The Morgan fingerprint density at radius 1 is 0.500 bits per heavy atom. The predicted molar refractivity (Wildman–Crippen MR) is 497 cm³/mol. The molecule has 14 nitrogen and oxygen atoms in total. The molecule has 8 heterocycles. The Balaban J connectivity index is 0.000000123. The second-order valence-electron chi connectivity index (χ2n) is 33.1. The van der Waals surface area contributed by atoms with Crippen LogP contribution in [-0.4, -0.2) is 166 Å². The molecular formula is C95H105Cl3F3N11O3S5. The lowest BCUT2D eigenvalue weighted by Gasteiger charge is -2.38. The molecule has 18 rings (SSSR count). The van der Waals surface area contributed by atoms with Crippen molar-refractivity contribution < 1.29 is 27.9 Å². The average molecular weight is 1770 g/mol. The van der Waals surface area contributed by atoms with Crippen molar-refractivity contribution in [1.82, 2.24) is 24.5 Å². The molecule has 2 amide bonds. The number of hydrogen-bond donors (Lipinski definition) is 2. The van der Waals surface area contributed by atoms with Gasteiger partial charge in [-0.15, -0.1) is 11.8 Å². The number of anilines is 9. The van der Waals surface area contributed by atoms with Crippen LogP contribution in [0.15, 0.2) is 258 Å². The van der Waals surface area contributed by atoms with E-state index in [2.05, 4.69) is 235 Å². The third kappa shape index (κ3) is 19.4. The van der Waals surface area contributed by atoms with E-state index in [1.54, 1.807) is 65.2 Å². The summed E-state index contributed by atoms with van der Waals surface area (Å²) >= 11 is 27.1. The number of nitrogens with two attached hydrogens (primary N) is 1. The Kier molecular flexibility index (Phi) is 28.1. The Bertz CT molecular complexity index is 5330. The first-order valence-corrected chi connectivity index (χ1v) is 46.2. The highest BCUT2D eigenvalue weighted by atomic mass is 35.5. The zero-order chi connectivity index (χ0) is 85.1. The van der Waals surface area contributed by atoms with Gasteiger partial charge in [-0.25, -0.2) is 4.90 Å². The van der Waals surface area contributed by atoms with Crippen LogP contribution in [0, 0.1) is 11.8 Å². The molecule has 630 valence electrons. The van der Waals surface area contributed by atoms with E-state index in [4.69, 9.17) is 40.5 Å². The maximum Gasteiger partial charge on any atom is 0.416 e. The van der Waals surface area contributed by atoms with Crippen LogP contribution in [0.3, 0.4) is 0 Å². The number of phenols is 1. The molecule has 0 spiro atoms. The Morgan fingerprint density at radius 2 is 0.917 bits per heavy atom. The summed E-state index contributed by atoms with van der Waals surface area (Å²) in [5.41, 5.74) is 18.0. The minimum atomic E-state index is -4.32. The van der Waals surface area contributed by atoms with Crippen LogP contribution >= 0.6 is 93.6 Å². The van der Waals surface area contributed by atoms with Crippen molar-refractivity contribution in [3.63, 3.8) is 0 Å². The molecule has 0 saturated carbocycles. The molecule has 0 aromatic heterocycles. The van der Waals surface area contributed by atoms with Gasteiger partial charge in [0.1, 0.15) is 10.6 Å². The minimum Gasteiger partial charge on any atom is -0.508 e. The molecule has 0 radical (unpaired) electrons. The molecule has 4 unspecified atom stereocenters. The molecule has 0 aliphatic carbocycles. The first-order chi connectivity index (χ1) is 57.4. The molecule has 10 aromatic rings. The van der Waals surface area contributed by atoms with Crippen LogP contribution in [0.4, 0.5) is 64.4 Å². The summed E-state index contributed by atoms with van der Waals surface area (Å²) in [7, 11) is 12.7. The van der Waals surface area contributed by atoms with Crippen molar-refractivity contribution in [2.24, 2.45) is 17.6 Å². The molecular weight excluding hydrogens is 1670 g/mol. The van der Waals surface area contributed by atoms with Gasteiger partial charge in [0.2, 0.25) is 11.8 Å². The molecule has 120 heavy (non-hydrogen) atoms. The SMILES string of the molecule is CC(C)(N)CCN1c2ccccc2Sc2cc(Cl)ccc21.CCSC12c3ccccc3C(C3C(=O)N(c4ccc(O)cc4)C(=O)C31)N2C.CN(C)C(C)(C)CCN1c2ccccc2Sc2cc(Cl)ccc21.CN(C)CCCN1c2ccccc2Sc2cc(Cl)ccc21.CN1CCN(CCCN2c3ccccc3Sc3cc(C(F)(F)F)ccc32)CC1. The Morgan fingerprint density at radius 3 is 1.37 bits per heavy atom. The number of aromatic hydroxyl groups is 1. The topological polar surface area (TPSA) is 113 Å². The largest absolute Gasteiger partial charge is 0.508 e. The number of phenolic OH excluding ortho intramolecular Hbond substituents is 1. The lowest BCUT2D eigenvalue weighted by Crippen LogP contribution is -2.45. The number of fused-ring (bicyclic) bond motifs is 16. The number of rotatable bonds is 18. The summed E-state index contributed by atoms with van der Waals surface area (Å²) in [6, 6.07) is 70.6. The van der Waals surface area contributed by atoms with E-state index < -0.39 is 22.5 Å². The van der Waals surface area contributed by atoms with Gasteiger partial charge in [0.15, 0.2) is 0 Å². The lowest BCUT2D eigenvalue weighted by molar-refractivity contribution is -0.137. The zero-order valence-corrected chi connectivity index (χ0v) is 76.1. The zero-order valence-electron chi connectivity index (χ0n) is 69.7. The van der Waals surface area contributed by atoms with Crippen LogP contribution in [0.1, 0.15) is 83.0 Å². The number of benzene rings is 10. The van der Waals surface area contributed by atoms with Crippen molar-refractivity contribution in [2.75, 3.05) is 138 Å². The normalized spacial score (nSPS) is 18.7. The quantitative estimate of drug-likeness (QED) is 0.0794. The van der Waals surface area contributed by atoms with Crippen molar-refractivity contribution >= 4 is 157 Å². The molecule has 3 fully saturated rings. The van der Waals surface area contributed by atoms with Crippen LogP contribution in [0.5, 0.6) is 5.75 Å². The van der Waals surface area contributed by atoms with Gasteiger partial charge in [-0.3, -0.25) is 14.5 Å². The standard InChI is InChI=1S/C21H24F3N3S.C21H20N2O3S.C19H23ClN2S.2C17H19ClN2S/c1-25-11-13-26(14-12-25)9-4-10-27-17-5-2-3-6-19(17)28-20-15-16(21(22,23)24)7-8-18(20)27;1-3-27-21-15-7-5-4-6-14(15)18(22(21)2)16-17(21)20(26)23(19(16)25)12-8-10-13(24)11-9-12;1-19(2,21(3)4)11-12-22-15-7-5-6-8-17(15)23-18-13-14(20)9-10-16(18)22;1-19(2)10-5-11-20-14-6-3-4-7-16(14)21-17-12-13(18)8-9-15(17)20;1-17(2,19)9-10-20-13-5-3-4-6-15(13)21-16-11-12(18)7-8-14(16)20/h2-3,5-8,15H,4,9-14H2,1H3;4-11,16-18,24H,3H2,1-2H3;5-10,13H,11-12H2,1-4H3;3-4,6-9,12H,5,10-11H2,1-2H3;3-8,11H,9-10,19H2,1-2H3. The summed E-state index contributed by atoms with van der Waals surface area (Å²) in [5.74, 6) is -0.0711. The third-order valence-corrected chi connectivity index (χ3v) is 30.1. The number of thioether (sulfide) groups is 1. The lowest BCUT2D eigenvalue weighted by atomic mass is 9.77. The number of nitrogens with zero attached hydrogens (tertiary/aromatic N) is 10. The number of imide groups is 1. The average Bonchev–Trinajstić information content (AvgIpc) is 1.49. The third-order valence-electron chi connectivity index (χ3n) is 23.5. The molecule has 10 aromatic carbocycles. The van der Waals surface area contributed by atoms with Gasteiger partial charge in [0, 0.05) is 124 Å². The van der Waals surface area contributed by atoms with Crippen LogP contribution < -0.4 is 30.2 Å². The monoisotopic (exact) mass is 1770 g/mol. The van der Waals surface area contributed by atoms with Gasteiger partial charge in [0.25, 0.3) is 0 Å². The van der Waals surface area contributed by atoms with Crippen LogP contribution in [0.2, 0.25) is 15.1 Å². The Labute approximate surface area is 742 Å². The maximum absolute atomic E-state index is 13.5. The number of carbonyl (C=O) groups excluding carboxylic acids is 2. The van der Waals surface area contributed by atoms with E-state index in [1.807, 2.05) is 61.6 Å². The number of halogens is 6. The van der Waals surface area contributed by atoms with E-state index in [-0.39, 0.29) is 40.6 Å². The molecule has 3 saturated heterocycles. The summed E-state index contributed by atoms with van der Waals surface area (Å²) in [6.45, 7) is 20.9. The summed E-state index contributed by atoms with van der Waals surface area (Å²) in [5, 5.41) is 11.9. The first-order valence-electron chi connectivity index (χ1n) is 40.8. The van der Waals surface area contributed by atoms with E-state index in [0.717, 1.165) is 134 Å². The highest BCUT2D eigenvalue weighted by molar-refractivity contribution is 8.01. The van der Waals surface area contributed by atoms with Crippen molar-refractivity contribution in [3.05, 3.63) is 250 Å². The van der Waals surface area contributed by atoms with Crippen LogP contribution in [0.25, 0.3) is 0 Å². The second kappa shape index (κ2) is 37.9. The Hall–Kier alpha value is -7.49. The highest BCUT2D eigenvalue weighted by Gasteiger charge is 2.73. The molecule has 3 N–H and O–H groups in total. The second-order valence-corrected chi connectivity index (χ2v) is 40.2. The summed E-state index contributed by atoms with van der Waals surface area (Å²) in [6.07, 6.45) is -0.203. The van der Waals surface area contributed by atoms with Gasteiger partial charge in [-0.1, -0.05) is 162 Å². The van der Waals surface area contributed by atoms with Gasteiger partial charge < -0.3 is 50.0 Å². The first kappa shape index (κ1) is 88.8. The number of piperazine rings is 1. The fourth-order valence-electron chi connectivity index (χ4n) is 16.7. The van der Waals surface area contributed by atoms with E-state index >= 15 is 0 Å². The van der Waals surface area contributed by atoms with Gasteiger partial charge >= 0.3 is 6.18 Å². The van der Waals surface area contributed by atoms with Crippen molar-refractivity contribution in [1.29, 1.82) is 0 Å². The number of carbonyl (C=O) groups is 2. The van der Waals surface area contributed by atoms with Gasteiger partial charge in [-0.05, 0) is 271 Å². The van der Waals surface area contributed by atoms with Crippen molar-refractivity contribution in [3.8, 4) is 5.75 Å². The fraction of sp³-hybridized carbons (Fsp3) is 0.347.